The number of rotatable bonds is 4. The van der Waals surface area contributed by atoms with Crippen molar-refractivity contribution in [1.29, 1.82) is 0 Å². The summed E-state index contributed by atoms with van der Waals surface area (Å²) in [6.45, 7) is 3.97. The maximum atomic E-state index is 13.7. The van der Waals surface area contributed by atoms with E-state index in [0.717, 1.165) is 31.9 Å². The Morgan fingerprint density at radius 3 is 2.44 bits per heavy atom. The maximum absolute atomic E-state index is 13.7. The number of nitrogens with zero attached hydrogens (tertiary/aromatic N) is 4. The smallest absolute Gasteiger partial charge is 0.227 e. The van der Waals surface area contributed by atoms with Gasteiger partial charge >= 0.3 is 0 Å². The first kappa shape index (κ1) is 20.4. The molecule has 2 saturated heterocycles. The van der Waals surface area contributed by atoms with E-state index in [4.69, 9.17) is 9.97 Å². The van der Waals surface area contributed by atoms with Gasteiger partial charge in [0.25, 0.3) is 0 Å². The van der Waals surface area contributed by atoms with Crippen LogP contribution in [0.15, 0.2) is 47.4 Å². The first-order chi connectivity index (χ1) is 16.6. The van der Waals surface area contributed by atoms with Crippen molar-refractivity contribution in [2.45, 2.75) is 24.2 Å². The molecule has 0 saturated carbocycles. The van der Waals surface area contributed by atoms with Crippen molar-refractivity contribution in [2.24, 2.45) is 11.8 Å². The van der Waals surface area contributed by atoms with Gasteiger partial charge in [-0.1, -0.05) is 12.1 Å². The maximum Gasteiger partial charge on any atom is 0.227 e. The van der Waals surface area contributed by atoms with E-state index in [1.165, 1.54) is 41.8 Å². The molecule has 3 unspecified atom stereocenters. The van der Waals surface area contributed by atoms with Crippen LogP contribution in [0, 0.1) is 17.7 Å². The lowest BCUT2D eigenvalue weighted by Crippen LogP contribution is -2.30. The average molecular weight is 476 g/mol. The average Bonchev–Trinajstić information content (AvgIpc) is 3.48. The zero-order valence-electron chi connectivity index (χ0n) is 18.8. The van der Waals surface area contributed by atoms with Crippen molar-refractivity contribution in [1.82, 2.24) is 9.97 Å². The van der Waals surface area contributed by atoms with Gasteiger partial charge in [-0.3, -0.25) is 4.21 Å². The lowest BCUT2D eigenvalue weighted by Gasteiger charge is -2.26. The highest BCUT2D eigenvalue weighted by Gasteiger charge is 2.41. The summed E-state index contributed by atoms with van der Waals surface area (Å²) in [7, 11) is -1.13. The SMILES string of the molecule is O=S1CCc2nc(N3CC4CN(c5ccc6c(c5)CC6)CC4C3)nc(Nc3cccc(F)c3)c21. The number of hydrogen-bond donors (Lipinski definition) is 1. The summed E-state index contributed by atoms with van der Waals surface area (Å²) in [6, 6.07) is 13.2. The van der Waals surface area contributed by atoms with Crippen molar-refractivity contribution < 1.29 is 8.60 Å². The van der Waals surface area contributed by atoms with Crippen molar-refractivity contribution in [3.8, 4) is 0 Å². The molecule has 174 valence electrons. The van der Waals surface area contributed by atoms with E-state index in [9.17, 15) is 8.60 Å². The molecule has 6 nitrogen and oxygen atoms in total. The topological polar surface area (TPSA) is 61.4 Å². The number of aromatic nitrogens is 2. The molecule has 3 atom stereocenters. The van der Waals surface area contributed by atoms with Crippen molar-refractivity contribution in [3.05, 3.63) is 65.1 Å². The highest BCUT2D eigenvalue weighted by atomic mass is 32.2. The van der Waals surface area contributed by atoms with Gasteiger partial charge in [-0.15, -0.1) is 0 Å². The molecule has 1 aliphatic carbocycles. The summed E-state index contributed by atoms with van der Waals surface area (Å²) in [4.78, 5) is 15.1. The van der Waals surface area contributed by atoms with Crippen LogP contribution in [-0.2, 0) is 30.1 Å². The Kier molecular flexibility index (Phi) is 4.65. The summed E-state index contributed by atoms with van der Waals surface area (Å²) in [6.07, 6.45) is 3.12. The molecule has 2 fully saturated rings. The molecule has 0 bridgehead atoms. The predicted octanol–water partition coefficient (Wildman–Crippen LogP) is 3.69. The van der Waals surface area contributed by atoms with Crippen molar-refractivity contribution >= 4 is 33.9 Å². The number of anilines is 4. The van der Waals surface area contributed by atoms with Gasteiger partial charge in [0.15, 0.2) is 5.82 Å². The number of hydrogen-bond acceptors (Lipinski definition) is 6. The van der Waals surface area contributed by atoms with Crippen molar-refractivity contribution in [2.75, 3.05) is 47.0 Å². The molecule has 4 aliphatic rings. The van der Waals surface area contributed by atoms with E-state index in [1.807, 2.05) is 0 Å². The molecule has 2 aromatic carbocycles. The second kappa shape index (κ2) is 7.77. The highest BCUT2D eigenvalue weighted by molar-refractivity contribution is 7.85. The van der Waals surface area contributed by atoms with Gasteiger partial charge in [0.1, 0.15) is 10.7 Å². The van der Waals surface area contributed by atoms with Crippen LogP contribution in [0.25, 0.3) is 0 Å². The Labute approximate surface area is 200 Å². The minimum atomic E-state index is -1.13. The predicted molar refractivity (Wildman–Crippen MR) is 132 cm³/mol. The summed E-state index contributed by atoms with van der Waals surface area (Å²) >= 11 is 0. The van der Waals surface area contributed by atoms with E-state index >= 15 is 0 Å². The summed E-state index contributed by atoms with van der Waals surface area (Å²) in [5.74, 6) is 2.64. The zero-order valence-corrected chi connectivity index (χ0v) is 19.7. The quantitative estimate of drug-likeness (QED) is 0.621. The molecule has 0 radical (unpaired) electrons. The lowest BCUT2D eigenvalue weighted by molar-refractivity contribution is 0.533. The summed E-state index contributed by atoms with van der Waals surface area (Å²) < 4.78 is 26.4. The molecule has 1 N–H and O–H groups in total. The number of aryl methyl sites for hydroxylation is 3. The highest BCUT2D eigenvalue weighted by Crippen LogP contribution is 2.38. The molecular weight excluding hydrogens is 449 g/mol. The molecule has 4 heterocycles. The van der Waals surface area contributed by atoms with Crippen LogP contribution in [0.2, 0.25) is 0 Å². The van der Waals surface area contributed by atoms with Crippen LogP contribution in [0.3, 0.4) is 0 Å². The van der Waals surface area contributed by atoms with E-state index < -0.39 is 10.8 Å². The second-order valence-electron chi connectivity index (χ2n) is 9.87. The number of benzene rings is 2. The van der Waals surface area contributed by atoms with E-state index in [-0.39, 0.29) is 5.82 Å². The minimum Gasteiger partial charge on any atom is -0.371 e. The van der Waals surface area contributed by atoms with E-state index in [2.05, 4.69) is 33.3 Å². The molecule has 7 rings (SSSR count). The second-order valence-corrected chi connectivity index (χ2v) is 11.4. The van der Waals surface area contributed by atoms with Gasteiger partial charge in [-0.25, -0.2) is 9.37 Å². The molecule has 0 amide bonds. The first-order valence-corrected chi connectivity index (χ1v) is 13.4. The zero-order chi connectivity index (χ0) is 22.8. The van der Waals surface area contributed by atoms with Crippen LogP contribution in [0.5, 0.6) is 0 Å². The van der Waals surface area contributed by atoms with Gasteiger partial charge in [0.2, 0.25) is 5.95 Å². The fraction of sp³-hybridized carbons (Fsp3) is 0.385. The first-order valence-electron chi connectivity index (χ1n) is 12.0. The monoisotopic (exact) mass is 475 g/mol. The number of fused-ring (bicyclic) bond motifs is 3. The lowest BCUT2D eigenvalue weighted by atomic mass is 9.88. The Bertz CT molecular complexity index is 1320. The van der Waals surface area contributed by atoms with Crippen LogP contribution in [0.4, 0.5) is 27.5 Å². The fourth-order valence-electron chi connectivity index (χ4n) is 5.86. The van der Waals surface area contributed by atoms with Gasteiger partial charge in [0, 0.05) is 61.6 Å². The molecule has 1 aromatic heterocycles. The summed E-state index contributed by atoms with van der Waals surface area (Å²) in [5.41, 5.74) is 5.83. The third-order valence-electron chi connectivity index (χ3n) is 7.75. The Hall–Kier alpha value is -3.00. The van der Waals surface area contributed by atoms with Gasteiger partial charge in [0.05, 0.1) is 16.5 Å². The van der Waals surface area contributed by atoms with E-state index in [0.29, 0.717) is 46.4 Å². The normalized spacial score (nSPS) is 24.6. The van der Waals surface area contributed by atoms with Crippen LogP contribution in [0.1, 0.15) is 16.8 Å². The Balaban J connectivity index is 1.12. The molecule has 34 heavy (non-hydrogen) atoms. The molecular formula is C26H26FN5OS. The standard InChI is InChI=1S/C26H26FN5OS/c27-20-2-1-3-21(11-20)28-25-24-23(8-9-34(24)33)29-26(30-25)32-14-18-12-31(13-19(18)15-32)22-7-6-16-4-5-17(16)10-22/h1-3,6-7,10-11,18-19H,4-5,8-9,12-15H2,(H,28,29,30). The van der Waals surface area contributed by atoms with Gasteiger partial charge in [-0.2, -0.15) is 4.98 Å². The molecule has 0 spiro atoms. The van der Waals surface area contributed by atoms with Crippen LogP contribution in [-0.4, -0.2) is 46.1 Å². The van der Waals surface area contributed by atoms with Crippen LogP contribution < -0.4 is 15.1 Å². The van der Waals surface area contributed by atoms with Crippen molar-refractivity contribution in [3.63, 3.8) is 0 Å². The third kappa shape index (κ3) is 3.38. The molecule has 8 heteroatoms. The molecule has 3 aromatic rings. The van der Waals surface area contributed by atoms with E-state index in [1.54, 1.807) is 12.1 Å². The van der Waals surface area contributed by atoms with Crippen LogP contribution >= 0.6 is 0 Å². The summed E-state index contributed by atoms with van der Waals surface area (Å²) in [5, 5.41) is 3.21. The third-order valence-corrected chi connectivity index (χ3v) is 9.21. The van der Waals surface area contributed by atoms with Gasteiger partial charge in [-0.05, 0) is 54.3 Å². The number of nitrogens with one attached hydrogen (secondary N) is 1. The number of halogens is 1. The van der Waals surface area contributed by atoms with Gasteiger partial charge < -0.3 is 15.1 Å². The minimum absolute atomic E-state index is 0.318. The largest absolute Gasteiger partial charge is 0.371 e. The Morgan fingerprint density at radius 1 is 0.912 bits per heavy atom. The fourth-order valence-corrected chi connectivity index (χ4v) is 7.16. The molecule has 3 aliphatic heterocycles. The Morgan fingerprint density at radius 2 is 1.71 bits per heavy atom.